The summed E-state index contributed by atoms with van der Waals surface area (Å²) in [6.07, 6.45) is 3.60. The zero-order chi connectivity index (χ0) is 13.4. The number of fused-ring (bicyclic) bond motifs is 3. The monoisotopic (exact) mass is 409 g/mol. The number of pyridine rings is 2. The predicted molar refractivity (Wildman–Crippen MR) is 80.3 cm³/mol. The molecule has 0 amide bonds. The molecule has 0 bridgehead atoms. The summed E-state index contributed by atoms with van der Waals surface area (Å²) in [5.41, 5.74) is 1.95. The molecule has 0 aliphatic rings. The van der Waals surface area contributed by atoms with Crippen LogP contribution in [0.2, 0.25) is 0 Å². The van der Waals surface area contributed by atoms with Crippen molar-refractivity contribution in [1.29, 1.82) is 0 Å². The Hall–Kier alpha value is -0.0592. The minimum absolute atomic E-state index is 0. The van der Waals surface area contributed by atoms with Crippen molar-refractivity contribution < 1.29 is 113 Å². The van der Waals surface area contributed by atoms with E-state index in [4.69, 9.17) is 21.0 Å². The zero-order valence-corrected chi connectivity index (χ0v) is 17.2. The Kier molecular flexibility index (Phi) is 37.4. The van der Waals surface area contributed by atoms with Gasteiger partial charge in [0, 0.05) is 41.7 Å². The van der Waals surface area contributed by atoms with Gasteiger partial charge >= 0.3 is 51.4 Å². The average Bonchev–Trinajstić information content (AvgIpc) is 2.51. The van der Waals surface area contributed by atoms with E-state index in [9.17, 15) is 0 Å². The first-order chi connectivity index (χ1) is 8.95. The second kappa shape index (κ2) is 22.9. The molecule has 2 aromatic heterocycles. The summed E-state index contributed by atoms with van der Waals surface area (Å²) in [6, 6.07) is 12.1. The summed E-state index contributed by atoms with van der Waals surface area (Å²) in [5, 5.41) is 26.3. The Morgan fingerprint density at radius 1 is 0.625 bits per heavy atom. The van der Waals surface area contributed by atoms with Crippen LogP contribution in [-0.4, -0.2) is 52.9 Å². The molecule has 0 saturated carbocycles. The fourth-order valence-corrected chi connectivity index (χ4v) is 1.68. The molecule has 0 aliphatic heterocycles. The van der Waals surface area contributed by atoms with Crippen molar-refractivity contribution in [2.45, 2.75) is 0 Å². The van der Waals surface area contributed by atoms with Crippen molar-refractivity contribution in [3.8, 4) is 0 Å². The molecule has 11 N–H and O–H groups in total. The van der Waals surface area contributed by atoms with Gasteiger partial charge in [-0.1, -0.05) is 24.3 Å². The van der Waals surface area contributed by atoms with E-state index in [1.807, 2.05) is 12.1 Å². The second-order valence-electron chi connectivity index (χ2n) is 3.22. The van der Waals surface area contributed by atoms with Crippen LogP contribution in [0.5, 0.6) is 0 Å². The van der Waals surface area contributed by atoms with Crippen molar-refractivity contribution in [2.75, 3.05) is 0 Å². The fraction of sp³-hybridized carbons (Fsp3) is 0. The Morgan fingerprint density at radius 3 is 1.21 bits per heavy atom. The number of hydrogen-bond donors (Lipinski definition) is 4. The van der Waals surface area contributed by atoms with Gasteiger partial charge in [-0.3, -0.25) is 31.0 Å². The van der Waals surface area contributed by atoms with Gasteiger partial charge in [-0.25, -0.2) is 0 Å². The summed E-state index contributed by atoms with van der Waals surface area (Å²) in [6.45, 7) is 0. The summed E-state index contributed by atoms with van der Waals surface area (Å²) in [4.78, 5) is 8.69. The van der Waals surface area contributed by atoms with Gasteiger partial charge in [0.05, 0.1) is 11.0 Å². The molecule has 3 rings (SSSR count). The molecule has 0 fully saturated rings. The Morgan fingerprint density at radius 2 is 0.917 bits per heavy atom. The molecule has 131 valence electrons. The van der Waals surface area contributed by atoms with Gasteiger partial charge in [-0.05, 0) is 12.1 Å². The number of hydrogen-bond acceptors (Lipinski definition) is 7. The van der Waals surface area contributed by atoms with E-state index in [0.29, 0.717) is 0 Å². The number of aromatic nitrogens is 2. The quantitative estimate of drug-likeness (QED) is 0.131. The molecule has 0 saturated heterocycles. The molecule has 10 nitrogen and oxygen atoms in total. The van der Waals surface area contributed by atoms with Crippen LogP contribution in [0.1, 0.15) is 0 Å². The molecule has 2 heterocycles. The van der Waals surface area contributed by atoms with Crippen molar-refractivity contribution in [3.63, 3.8) is 0 Å². The van der Waals surface area contributed by atoms with Crippen molar-refractivity contribution in [1.82, 2.24) is 9.97 Å². The van der Waals surface area contributed by atoms with Crippen LogP contribution < -0.4 is 51.4 Å². The molecule has 12 heteroatoms. The third kappa shape index (κ3) is 10.1. The first-order valence-corrected chi connectivity index (χ1v) is 4.93. The first kappa shape index (κ1) is 39.1. The van der Waals surface area contributed by atoms with E-state index in [1.54, 1.807) is 12.4 Å². The molecular weight excluding hydrogens is 390 g/mol. The molecule has 0 aliphatic carbocycles. The van der Waals surface area contributed by atoms with E-state index in [0.717, 1.165) is 21.8 Å². The van der Waals surface area contributed by atoms with Gasteiger partial charge in [0.25, 0.3) is 0 Å². The third-order valence-electron chi connectivity index (χ3n) is 2.34. The van der Waals surface area contributed by atoms with Crippen molar-refractivity contribution in [3.05, 3.63) is 48.8 Å². The van der Waals surface area contributed by atoms with Gasteiger partial charge in [0.2, 0.25) is 0 Å². The van der Waals surface area contributed by atoms with Crippen LogP contribution in [-0.2, 0) is 18.6 Å². The van der Waals surface area contributed by atoms with E-state index >= 15 is 0 Å². The first-order valence-electron chi connectivity index (χ1n) is 4.93. The largest absolute Gasteiger partial charge is 1.00 e. The smallest absolute Gasteiger partial charge is 0.870 e. The topological polar surface area (TPSA) is 231 Å². The summed E-state index contributed by atoms with van der Waals surface area (Å²) in [5.74, 6) is 0. The van der Waals surface area contributed by atoms with E-state index in [2.05, 4.69) is 34.2 Å². The summed E-state index contributed by atoms with van der Waals surface area (Å²) < 4.78 is 0. The van der Waals surface area contributed by atoms with Gasteiger partial charge in [0.15, 0.2) is 0 Å². The van der Waals surface area contributed by atoms with Crippen molar-refractivity contribution in [2.24, 2.45) is 0 Å². The van der Waals surface area contributed by atoms with Crippen LogP contribution in [0.4, 0.5) is 0 Å². The number of rotatable bonds is 0. The minimum atomic E-state index is 0. The third-order valence-corrected chi connectivity index (χ3v) is 2.34. The molecule has 1 aromatic carbocycles. The summed E-state index contributed by atoms with van der Waals surface area (Å²) in [7, 11) is 0. The standard InChI is InChI=1S/C12H8N2.K.2H2O2.4H2O.V/c1-3-9-5-6-10-4-2-8-14-12(10)11(9)13-7-1;;2*1-2;;;;;/h1-8H;;2*1-2H;4*1H2;/q;+1;;;;;;;/p-1. The fourth-order valence-electron chi connectivity index (χ4n) is 1.68. The average molecular weight is 409 g/mol. The Labute approximate surface area is 191 Å². The van der Waals surface area contributed by atoms with Crippen LogP contribution in [0.3, 0.4) is 0 Å². The molecule has 24 heavy (non-hydrogen) atoms. The van der Waals surface area contributed by atoms with Gasteiger partial charge in [-0.2, -0.15) is 0 Å². The Balaban J connectivity index is -0.0000000761. The number of benzene rings is 1. The molecule has 0 spiro atoms. The maximum Gasteiger partial charge on any atom is 1.00 e. The Bertz CT molecular complexity index is 580. The SMILES string of the molecule is O.O.O.OO.OO.[K+].[OH-].[V].c1cnc2c(c1)ccc1cccnc12. The predicted octanol–water partition coefficient (Wildman–Crippen LogP) is -2.83. The molecular formula is C12H19KN2O8V. The van der Waals surface area contributed by atoms with Crippen LogP contribution in [0.25, 0.3) is 21.8 Å². The normalized spacial score (nSPS) is 6.83. The summed E-state index contributed by atoms with van der Waals surface area (Å²) >= 11 is 0. The molecule has 0 atom stereocenters. The maximum atomic E-state index is 6.00. The van der Waals surface area contributed by atoms with Crippen LogP contribution in [0.15, 0.2) is 48.8 Å². The molecule has 0 unspecified atom stereocenters. The maximum absolute atomic E-state index is 6.00. The van der Waals surface area contributed by atoms with Crippen LogP contribution in [0, 0.1) is 0 Å². The number of nitrogens with zero attached hydrogens (tertiary/aromatic N) is 2. The van der Waals surface area contributed by atoms with Crippen molar-refractivity contribution >= 4 is 21.8 Å². The van der Waals surface area contributed by atoms with E-state index in [1.165, 1.54) is 0 Å². The second-order valence-corrected chi connectivity index (χ2v) is 3.22. The van der Waals surface area contributed by atoms with Gasteiger partial charge in [0.1, 0.15) is 0 Å². The van der Waals surface area contributed by atoms with Crippen LogP contribution >= 0.6 is 0 Å². The minimum Gasteiger partial charge on any atom is -0.870 e. The van der Waals surface area contributed by atoms with E-state index < -0.39 is 0 Å². The zero-order valence-electron chi connectivity index (χ0n) is 12.7. The van der Waals surface area contributed by atoms with E-state index in [-0.39, 0.29) is 91.8 Å². The molecule has 3 aromatic rings. The molecule has 1 radical (unpaired) electrons. The van der Waals surface area contributed by atoms with Gasteiger partial charge in [-0.15, -0.1) is 0 Å². The van der Waals surface area contributed by atoms with Gasteiger partial charge < -0.3 is 21.9 Å².